The Labute approximate surface area is 131 Å². The van der Waals surface area contributed by atoms with Gasteiger partial charge in [0.25, 0.3) is 0 Å². The van der Waals surface area contributed by atoms with E-state index in [0.717, 1.165) is 51.4 Å². The Morgan fingerprint density at radius 2 is 1.00 bits per heavy atom. The summed E-state index contributed by atoms with van der Waals surface area (Å²) in [6, 6.07) is 0. The Morgan fingerprint density at radius 3 is 1.43 bits per heavy atom. The number of rotatable bonds is 13. The van der Waals surface area contributed by atoms with Gasteiger partial charge in [0.1, 0.15) is 0 Å². The Morgan fingerprint density at radius 1 is 0.571 bits per heavy atom. The lowest BCUT2D eigenvalue weighted by Gasteiger charge is -1.89. The predicted octanol–water partition coefficient (Wildman–Crippen LogP) is 6.34. The van der Waals surface area contributed by atoms with Gasteiger partial charge in [-0.1, -0.05) is 67.7 Å². The van der Waals surface area contributed by atoms with Gasteiger partial charge < -0.3 is 0 Å². The molecule has 0 aromatic carbocycles. The van der Waals surface area contributed by atoms with E-state index in [1.165, 1.54) is 0 Å². The zero-order valence-electron chi connectivity index (χ0n) is 13.5. The normalized spacial score (nSPS) is 13.0. The second-order valence-electron chi connectivity index (χ2n) is 4.91. The topological polar surface area (TPSA) is 19.9 Å². The maximum Gasteiger partial charge on any atom is 0.0822 e. The maximum atomic E-state index is 10.2. The van der Waals surface area contributed by atoms with E-state index in [-0.39, 0.29) is 6.61 Å². The third-order valence-electron chi connectivity index (χ3n) is 2.92. The molecule has 0 spiro atoms. The molecule has 0 aliphatic heterocycles. The summed E-state index contributed by atoms with van der Waals surface area (Å²) in [6.45, 7) is 2.21. The molecular weight excluding hydrogens is 256 g/mol. The summed E-state index contributed by atoms with van der Waals surface area (Å²) < 4.78 is 0. The maximum absolute atomic E-state index is 10.2. The molecule has 0 saturated carbocycles. The third kappa shape index (κ3) is 18.7. The Bertz CT molecular complexity index is 332. The van der Waals surface area contributed by atoms with Crippen LogP contribution in [-0.4, -0.2) is 6.61 Å². The standard InChI is InChI=1S/C20H31O/c1-2-3-4-5-6-7-8-9-10-11-12-13-14-15-16-17-18-19-20-21/h3-4,6-7,9-10,12-13,15-16H,2,5,8,11,14,17-20H2,1H3/b4-3+,7-6+,10-9+,13-12+,16-15+. The molecule has 0 aliphatic rings. The van der Waals surface area contributed by atoms with Crippen LogP contribution in [0.1, 0.15) is 58.3 Å². The molecule has 1 heteroatoms. The molecule has 0 heterocycles. The highest BCUT2D eigenvalue weighted by Gasteiger charge is 1.82. The van der Waals surface area contributed by atoms with Gasteiger partial charge in [-0.15, -0.1) is 0 Å². The molecule has 21 heavy (non-hydrogen) atoms. The van der Waals surface area contributed by atoms with Crippen molar-refractivity contribution in [1.82, 2.24) is 0 Å². The number of hydrogen-bond donors (Lipinski definition) is 0. The van der Waals surface area contributed by atoms with Crippen LogP contribution in [0.15, 0.2) is 60.8 Å². The minimum atomic E-state index is 0.0602. The molecule has 1 radical (unpaired) electrons. The summed E-state index contributed by atoms with van der Waals surface area (Å²) in [4.78, 5) is 0. The highest BCUT2D eigenvalue weighted by atomic mass is 16.2. The average Bonchev–Trinajstić information content (AvgIpc) is 2.50. The Hall–Kier alpha value is -1.34. The fraction of sp³-hybridized carbons (Fsp3) is 0.500. The van der Waals surface area contributed by atoms with E-state index in [2.05, 4.69) is 67.7 Å². The molecule has 117 valence electrons. The van der Waals surface area contributed by atoms with E-state index in [1.807, 2.05) is 0 Å². The average molecular weight is 287 g/mol. The molecule has 0 aliphatic carbocycles. The largest absolute Gasteiger partial charge is 0.237 e. The van der Waals surface area contributed by atoms with Crippen LogP contribution in [0.4, 0.5) is 0 Å². The quantitative estimate of drug-likeness (QED) is 0.278. The van der Waals surface area contributed by atoms with E-state index in [1.54, 1.807) is 0 Å². The summed E-state index contributed by atoms with van der Waals surface area (Å²) in [6.07, 6.45) is 30.0. The van der Waals surface area contributed by atoms with Crippen LogP contribution >= 0.6 is 0 Å². The lowest BCUT2D eigenvalue weighted by Crippen LogP contribution is -1.78. The number of hydrogen-bond acceptors (Lipinski definition) is 0. The Balaban J connectivity index is 3.41. The highest BCUT2D eigenvalue weighted by molar-refractivity contribution is 5.00. The fourth-order valence-corrected chi connectivity index (χ4v) is 1.73. The van der Waals surface area contributed by atoms with Gasteiger partial charge in [-0.25, -0.2) is 5.11 Å². The summed E-state index contributed by atoms with van der Waals surface area (Å²) in [5.74, 6) is 0. The summed E-state index contributed by atoms with van der Waals surface area (Å²) in [5.41, 5.74) is 0. The van der Waals surface area contributed by atoms with Crippen LogP contribution in [0, 0.1) is 0 Å². The van der Waals surface area contributed by atoms with E-state index in [9.17, 15) is 5.11 Å². The van der Waals surface area contributed by atoms with Gasteiger partial charge in [0, 0.05) is 0 Å². The third-order valence-corrected chi connectivity index (χ3v) is 2.92. The molecule has 0 N–H and O–H groups in total. The van der Waals surface area contributed by atoms with Gasteiger partial charge in [0.05, 0.1) is 6.61 Å². The van der Waals surface area contributed by atoms with Crippen molar-refractivity contribution in [3.05, 3.63) is 60.8 Å². The molecule has 1 nitrogen and oxygen atoms in total. The first-order valence-electron chi connectivity index (χ1n) is 8.24. The number of unbranched alkanes of at least 4 members (excludes halogenated alkanes) is 2. The first-order valence-corrected chi connectivity index (χ1v) is 8.24. The zero-order chi connectivity index (χ0) is 15.4. The molecule has 0 atom stereocenters. The molecule has 0 unspecified atom stereocenters. The van der Waals surface area contributed by atoms with Crippen molar-refractivity contribution >= 4 is 0 Å². The van der Waals surface area contributed by atoms with Crippen LogP contribution in [0.3, 0.4) is 0 Å². The van der Waals surface area contributed by atoms with E-state index in [4.69, 9.17) is 0 Å². The van der Waals surface area contributed by atoms with Crippen molar-refractivity contribution in [2.75, 3.05) is 6.61 Å². The zero-order valence-corrected chi connectivity index (χ0v) is 13.5. The van der Waals surface area contributed by atoms with Crippen molar-refractivity contribution < 1.29 is 5.11 Å². The second-order valence-corrected chi connectivity index (χ2v) is 4.91. The lowest BCUT2D eigenvalue weighted by molar-refractivity contribution is 0.187. The van der Waals surface area contributed by atoms with Crippen molar-refractivity contribution in [3.63, 3.8) is 0 Å². The van der Waals surface area contributed by atoms with Gasteiger partial charge in [-0.2, -0.15) is 0 Å². The van der Waals surface area contributed by atoms with Crippen molar-refractivity contribution in [3.8, 4) is 0 Å². The highest BCUT2D eigenvalue weighted by Crippen LogP contribution is 1.98. The molecule has 0 rings (SSSR count). The summed E-state index contributed by atoms with van der Waals surface area (Å²) in [5, 5.41) is 10.2. The molecular formula is C20H31O. The molecule has 0 amide bonds. The number of allylic oxidation sites excluding steroid dienone is 10. The molecule has 0 aromatic heterocycles. The lowest BCUT2D eigenvalue weighted by atomic mass is 10.2. The van der Waals surface area contributed by atoms with Crippen molar-refractivity contribution in [2.24, 2.45) is 0 Å². The molecule has 0 aromatic rings. The van der Waals surface area contributed by atoms with Gasteiger partial charge in [0.2, 0.25) is 0 Å². The molecule has 0 fully saturated rings. The van der Waals surface area contributed by atoms with Gasteiger partial charge in [-0.05, 0) is 51.4 Å². The van der Waals surface area contributed by atoms with Crippen molar-refractivity contribution in [2.45, 2.75) is 58.3 Å². The molecule has 0 bridgehead atoms. The summed E-state index contributed by atoms with van der Waals surface area (Å²) >= 11 is 0. The smallest absolute Gasteiger partial charge is 0.0822 e. The minimum absolute atomic E-state index is 0.0602. The van der Waals surface area contributed by atoms with Crippen LogP contribution < -0.4 is 0 Å². The van der Waals surface area contributed by atoms with Crippen LogP contribution in [0.2, 0.25) is 0 Å². The second kappa shape index (κ2) is 18.7. The fourth-order valence-electron chi connectivity index (χ4n) is 1.73. The summed E-state index contributed by atoms with van der Waals surface area (Å²) in [7, 11) is 0. The minimum Gasteiger partial charge on any atom is -0.237 e. The first kappa shape index (κ1) is 19.7. The van der Waals surface area contributed by atoms with Gasteiger partial charge in [0.15, 0.2) is 0 Å². The SMILES string of the molecule is CC/C=C/C/C=C/C/C=C/C/C=C/C/C=C/CCCC[O]. The van der Waals surface area contributed by atoms with Crippen LogP contribution in [0.25, 0.3) is 0 Å². The first-order chi connectivity index (χ1) is 10.4. The van der Waals surface area contributed by atoms with Crippen LogP contribution in [0.5, 0.6) is 0 Å². The predicted molar refractivity (Wildman–Crippen MR) is 93.9 cm³/mol. The van der Waals surface area contributed by atoms with E-state index in [0.29, 0.717) is 0 Å². The van der Waals surface area contributed by atoms with Crippen LogP contribution in [-0.2, 0) is 5.11 Å². The Kier molecular flexibility index (Phi) is 17.5. The van der Waals surface area contributed by atoms with E-state index >= 15 is 0 Å². The van der Waals surface area contributed by atoms with E-state index < -0.39 is 0 Å². The van der Waals surface area contributed by atoms with Crippen molar-refractivity contribution in [1.29, 1.82) is 0 Å². The molecule has 0 saturated heterocycles. The van der Waals surface area contributed by atoms with Gasteiger partial charge >= 0.3 is 0 Å². The monoisotopic (exact) mass is 287 g/mol. The van der Waals surface area contributed by atoms with Gasteiger partial charge in [-0.3, -0.25) is 0 Å².